The molecule has 0 aliphatic heterocycles. The number of halogens is 1. The lowest BCUT2D eigenvalue weighted by atomic mass is 9.94. The van der Waals surface area contributed by atoms with Crippen LogP contribution in [0, 0.1) is 11.8 Å². The van der Waals surface area contributed by atoms with Gasteiger partial charge in [0.1, 0.15) is 5.75 Å². The van der Waals surface area contributed by atoms with E-state index in [9.17, 15) is 4.79 Å². The summed E-state index contributed by atoms with van der Waals surface area (Å²) < 4.78 is 5.19. The standard InChI is InChI=1S/C13H15ClO2/c1-8(9-3-4-9)13(15)11-7-10(14)5-6-12(11)16-2/h5-9H,3-4H2,1-2H3. The molecule has 86 valence electrons. The smallest absolute Gasteiger partial charge is 0.169 e. The first-order valence-electron chi connectivity index (χ1n) is 5.51. The van der Waals surface area contributed by atoms with Gasteiger partial charge in [-0.3, -0.25) is 4.79 Å². The predicted octanol–water partition coefficient (Wildman–Crippen LogP) is 3.58. The minimum Gasteiger partial charge on any atom is -0.496 e. The zero-order chi connectivity index (χ0) is 11.7. The van der Waals surface area contributed by atoms with Crippen LogP contribution in [-0.4, -0.2) is 12.9 Å². The normalized spacial score (nSPS) is 16.9. The molecule has 0 amide bonds. The Morgan fingerprint density at radius 3 is 2.75 bits per heavy atom. The van der Waals surface area contributed by atoms with Crippen LogP contribution in [0.1, 0.15) is 30.1 Å². The van der Waals surface area contributed by atoms with Gasteiger partial charge in [0.05, 0.1) is 12.7 Å². The molecular weight excluding hydrogens is 224 g/mol. The third kappa shape index (κ3) is 2.22. The number of carbonyl (C=O) groups is 1. The summed E-state index contributed by atoms with van der Waals surface area (Å²) in [7, 11) is 1.57. The van der Waals surface area contributed by atoms with E-state index in [1.807, 2.05) is 6.92 Å². The van der Waals surface area contributed by atoms with Crippen LogP contribution in [0.25, 0.3) is 0 Å². The van der Waals surface area contributed by atoms with E-state index in [4.69, 9.17) is 16.3 Å². The molecular formula is C13H15ClO2. The fourth-order valence-electron chi connectivity index (χ4n) is 1.93. The van der Waals surface area contributed by atoms with Gasteiger partial charge in [0.15, 0.2) is 5.78 Å². The van der Waals surface area contributed by atoms with Gasteiger partial charge in [0.25, 0.3) is 0 Å². The van der Waals surface area contributed by atoms with Gasteiger partial charge in [-0.05, 0) is 37.0 Å². The molecule has 1 fully saturated rings. The van der Waals surface area contributed by atoms with Crippen LogP contribution in [0.15, 0.2) is 18.2 Å². The third-order valence-corrected chi connectivity index (χ3v) is 3.40. The summed E-state index contributed by atoms with van der Waals surface area (Å²) in [5.74, 6) is 1.38. The fourth-order valence-corrected chi connectivity index (χ4v) is 2.10. The number of hydrogen-bond donors (Lipinski definition) is 0. The molecule has 1 saturated carbocycles. The van der Waals surface area contributed by atoms with E-state index >= 15 is 0 Å². The summed E-state index contributed by atoms with van der Waals surface area (Å²) in [6.45, 7) is 1.99. The van der Waals surface area contributed by atoms with Crippen LogP contribution in [0.2, 0.25) is 5.02 Å². The first-order chi connectivity index (χ1) is 7.63. The molecule has 2 rings (SSSR count). The molecule has 0 spiro atoms. The molecule has 3 heteroatoms. The van der Waals surface area contributed by atoms with Gasteiger partial charge in [-0.1, -0.05) is 18.5 Å². The highest BCUT2D eigenvalue weighted by Crippen LogP contribution is 2.39. The number of Topliss-reactive ketones (excluding diaryl/α,β-unsaturated/α-hetero) is 1. The van der Waals surface area contributed by atoms with Crippen LogP contribution >= 0.6 is 11.6 Å². The van der Waals surface area contributed by atoms with Crippen molar-refractivity contribution in [1.29, 1.82) is 0 Å². The second-order valence-corrected chi connectivity index (χ2v) is 4.77. The highest BCUT2D eigenvalue weighted by atomic mass is 35.5. The first-order valence-corrected chi connectivity index (χ1v) is 5.89. The van der Waals surface area contributed by atoms with E-state index < -0.39 is 0 Å². The molecule has 0 saturated heterocycles. The number of hydrogen-bond acceptors (Lipinski definition) is 2. The van der Waals surface area contributed by atoms with Crippen molar-refractivity contribution in [2.75, 3.05) is 7.11 Å². The van der Waals surface area contributed by atoms with Gasteiger partial charge >= 0.3 is 0 Å². The topological polar surface area (TPSA) is 26.3 Å². The minimum atomic E-state index is 0.0763. The Bertz CT molecular complexity index is 410. The fraction of sp³-hybridized carbons (Fsp3) is 0.462. The number of rotatable bonds is 4. The predicted molar refractivity (Wildman–Crippen MR) is 64.2 cm³/mol. The maximum absolute atomic E-state index is 12.2. The lowest BCUT2D eigenvalue weighted by molar-refractivity contribution is 0.0913. The van der Waals surface area contributed by atoms with Crippen molar-refractivity contribution in [2.45, 2.75) is 19.8 Å². The van der Waals surface area contributed by atoms with E-state index in [2.05, 4.69) is 0 Å². The van der Waals surface area contributed by atoms with Crippen molar-refractivity contribution in [3.63, 3.8) is 0 Å². The second-order valence-electron chi connectivity index (χ2n) is 4.33. The molecule has 0 N–H and O–H groups in total. The molecule has 1 aliphatic carbocycles. The Morgan fingerprint density at radius 2 is 2.19 bits per heavy atom. The van der Waals surface area contributed by atoms with Crippen molar-refractivity contribution >= 4 is 17.4 Å². The maximum Gasteiger partial charge on any atom is 0.169 e. The molecule has 0 aromatic heterocycles. The van der Waals surface area contributed by atoms with Crippen molar-refractivity contribution in [3.05, 3.63) is 28.8 Å². The van der Waals surface area contributed by atoms with Crippen LogP contribution in [0.5, 0.6) is 5.75 Å². The first kappa shape index (κ1) is 11.5. The van der Waals surface area contributed by atoms with Crippen molar-refractivity contribution in [2.24, 2.45) is 11.8 Å². The number of benzene rings is 1. The Morgan fingerprint density at radius 1 is 1.50 bits per heavy atom. The largest absolute Gasteiger partial charge is 0.496 e. The maximum atomic E-state index is 12.2. The number of methoxy groups -OCH3 is 1. The minimum absolute atomic E-state index is 0.0763. The number of ether oxygens (including phenoxy) is 1. The van der Waals surface area contributed by atoms with E-state index in [1.165, 1.54) is 0 Å². The molecule has 0 bridgehead atoms. The molecule has 1 aromatic rings. The van der Waals surface area contributed by atoms with Crippen molar-refractivity contribution in [3.8, 4) is 5.75 Å². The SMILES string of the molecule is COc1ccc(Cl)cc1C(=O)C(C)C1CC1. The van der Waals surface area contributed by atoms with Gasteiger partial charge in [0, 0.05) is 10.9 Å². The Kier molecular flexibility index (Phi) is 3.20. The van der Waals surface area contributed by atoms with E-state index in [0.29, 0.717) is 22.3 Å². The van der Waals surface area contributed by atoms with Gasteiger partial charge in [-0.25, -0.2) is 0 Å². The monoisotopic (exact) mass is 238 g/mol. The molecule has 0 heterocycles. The highest BCUT2D eigenvalue weighted by molar-refractivity contribution is 6.31. The van der Waals surface area contributed by atoms with Gasteiger partial charge in [0.2, 0.25) is 0 Å². The molecule has 16 heavy (non-hydrogen) atoms. The van der Waals surface area contributed by atoms with Gasteiger partial charge in [-0.15, -0.1) is 0 Å². The Hall–Kier alpha value is -1.02. The summed E-state index contributed by atoms with van der Waals surface area (Å²) in [6, 6.07) is 5.18. The lowest BCUT2D eigenvalue weighted by Crippen LogP contribution is -2.14. The lowest BCUT2D eigenvalue weighted by Gasteiger charge is -2.12. The quantitative estimate of drug-likeness (QED) is 0.750. The Balaban J connectivity index is 2.30. The molecule has 1 atom stereocenters. The molecule has 1 aromatic carbocycles. The molecule has 0 radical (unpaired) electrons. The van der Waals surface area contributed by atoms with Gasteiger partial charge < -0.3 is 4.74 Å². The molecule has 1 aliphatic rings. The van der Waals surface area contributed by atoms with Gasteiger partial charge in [-0.2, -0.15) is 0 Å². The summed E-state index contributed by atoms with van der Waals surface area (Å²) in [5, 5.41) is 0.576. The average molecular weight is 239 g/mol. The average Bonchev–Trinajstić information content (AvgIpc) is 3.11. The number of ketones is 1. The number of carbonyl (C=O) groups excluding carboxylic acids is 1. The summed E-state index contributed by atoms with van der Waals surface area (Å²) in [6.07, 6.45) is 2.32. The van der Waals surface area contributed by atoms with Crippen LogP contribution in [0.3, 0.4) is 0 Å². The van der Waals surface area contributed by atoms with E-state index in [1.54, 1.807) is 25.3 Å². The Labute approximate surface area is 101 Å². The van der Waals surface area contributed by atoms with E-state index in [-0.39, 0.29) is 11.7 Å². The zero-order valence-electron chi connectivity index (χ0n) is 9.50. The summed E-state index contributed by atoms with van der Waals surface area (Å²) >= 11 is 5.91. The van der Waals surface area contributed by atoms with E-state index in [0.717, 1.165) is 12.8 Å². The van der Waals surface area contributed by atoms with Crippen LogP contribution in [0.4, 0.5) is 0 Å². The van der Waals surface area contributed by atoms with Crippen LogP contribution in [-0.2, 0) is 0 Å². The van der Waals surface area contributed by atoms with Crippen molar-refractivity contribution < 1.29 is 9.53 Å². The highest BCUT2D eigenvalue weighted by Gasteiger charge is 2.34. The molecule has 1 unspecified atom stereocenters. The summed E-state index contributed by atoms with van der Waals surface area (Å²) in [5.41, 5.74) is 0.606. The van der Waals surface area contributed by atoms with Crippen molar-refractivity contribution in [1.82, 2.24) is 0 Å². The third-order valence-electron chi connectivity index (χ3n) is 3.17. The van der Waals surface area contributed by atoms with Crippen LogP contribution < -0.4 is 4.74 Å². The summed E-state index contributed by atoms with van der Waals surface area (Å²) in [4.78, 5) is 12.2. The second kappa shape index (κ2) is 4.46. The molecule has 2 nitrogen and oxygen atoms in total. The zero-order valence-corrected chi connectivity index (χ0v) is 10.3.